The van der Waals surface area contributed by atoms with E-state index in [4.69, 9.17) is 5.73 Å². The molecular formula is C22H27N3O2. The third-order valence-electron chi connectivity index (χ3n) is 5.59. The Morgan fingerprint density at radius 2 is 1.74 bits per heavy atom. The van der Waals surface area contributed by atoms with Crippen LogP contribution in [0.3, 0.4) is 0 Å². The number of rotatable bonds is 5. The number of hydrogen-bond donors (Lipinski definition) is 1. The van der Waals surface area contributed by atoms with Crippen molar-refractivity contribution in [3.05, 3.63) is 54.4 Å². The molecule has 1 fully saturated rings. The van der Waals surface area contributed by atoms with Gasteiger partial charge in [-0.05, 0) is 48.1 Å². The van der Waals surface area contributed by atoms with Crippen LogP contribution in [0.25, 0.3) is 11.1 Å². The highest BCUT2D eigenvalue weighted by atomic mass is 16.2. The fraction of sp³-hybridized carbons (Fsp3) is 0.409. The molecule has 1 aliphatic heterocycles. The summed E-state index contributed by atoms with van der Waals surface area (Å²) in [6.07, 6.45) is 5.33. The van der Waals surface area contributed by atoms with Crippen LogP contribution in [0.5, 0.6) is 0 Å². The highest BCUT2D eigenvalue weighted by Gasteiger charge is 2.41. The number of nitrogens with zero attached hydrogens (tertiary/aromatic N) is 2. The van der Waals surface area contributed by atoms with Crippen molar-refractivity contribution in [3.8, 4) is 11.1 Å². The fourth-order valence-corrected chi connectivity index (χ4v) is 3.88. The Bertz CT molecular complexity index is 809. The molecule has 1 saturated heterocycles. The maximum absolute atomic E-state index is 12.4. The molecule has 1 aromatic carbocycles. The quantitative estimate of drug-likeness (QED) is 0.885. The molecule has 0 spiro atoms. The summed E-state index contributed by atoms with van der Waals surface area (Å²) in [4.78, 5) is 30.7. The average molecular weight is 365 g/mol. The van der Waals surface area contributed by atoms with Crippen LogP contribution in [0, 0.1) is 11.3 Å². The second kappa shape index (κ2) is 7.91. The molecule has 1 aliphatic rings. The van der Waals surface area contributed by atoms with Crippen molar-refractivity contribution in [3.63, 3.8) is 0 Å². The van der Waals surface area contributed by atoms with Gasteiger partial charge in [0.05, 0.1) is 5.41 Å². The van der Waals surface area contributed by atoms with Crippen molar-refractivity contribution < 1.29 is 9.59 Å². The molecule has 0 bridgehead atoms. The standard InChI is InChI=1S/C22H27N3O2/c1-16(2)20(26)25-13-9-22(10-14-25,21(23)27)15-18-5-3-4-6-19(18)17-7-11-24-12-8-17/h3-8,11-12,16H,9-10,13-15H2,1-2H3,(H2,23,27). The Kier molecular flexibility index (Phi) is 5.59. The summed E-state index contributed by atoms with van der Waals surface area (Å²) >= 11 is 0. The normalized spacial score (nSPS) is 16.3. The van der Waals surface area contributed by atoms with Crippen LogP contribution in [-0.4, -0.2) is 34.8 Å². The summed E-state index contributed by atoms with van der Waals surface area (Å²) < 4.78 is 0. The molecule has 0 unspecified atom stereocenters. The third-order valence-corrected chi connectivity index (χ3v) is 5.59. The van der Waals surface area contributed by atoms with Crippen LogP contribution < -0.4 is 5.73 Å². The van der Waals surface area contributed by atoms with E-state index in [1.165, 1.54) is 0 Å². The van der Waals surface area contributed by atoms with Crippen LogP contribution in [0.15, 0.2) is 48.8 Å². The topological polar surface area (TPSA) is 76.3 Å². The number of primary amides is 1. The molecule has 2 heterocycles. The second-order valence-corrected chi connectivity index (χ2v) is 7.69. The van der Waals surface area contributed by atoms with Crippen molar-refractivity contribution in [1.29, 1.82) is 0 Å². The van der Waals surface area contributed by atoms with Crippen molar-refractivity contribution in [2.75, 3.05) is 13.1 Å². The first-order chi connectivity index (χ1) is 12.9. The minimum atomic E-state index is -0.614. The number of nitrogens with two attached hydrogens (primary N) is 1. The molecule has 1 aromatic heterocycles. The largest absolute Gasteiger partial charge is 0.369 e. The molecule has 27 heavy (non-hydrogen) atoms. The molecule has 142 valence electrons. The summed E-state index contributed by atoms with van der Waals surface area (Å²) in [6, 6.07) is 12.1. The minimum absolute atomic E-state index is 0.0292. The fourth-order valence-electron chi connectivity index (χ4n) is 3.88. The molecule has 3 rings (SSSR count). The maximum Gasteiger partial charge on any atom is 0.225 e. The number of likely N-dealkylation sites (tertiary alicyclic amines) is 1. The number of hydrogen-bond acceptors (Lipinski definition) is 3. The van der Waals surface area contributed by atoms with E-state index in [2.05, 4.69) is 17.1 Å². The van der Waals surface area contributed by atoms with E-state index in [0.717, 1.165) is 16.7 Å². The zero-order chi connectivity index (χ0) is 19.4. The summed E-state index contributed by atoms with van der Waals surface area (Å²) in [5.74, 6) is -0.160. The molecule has 5 heteroatoms. The first-order valence-electron chi connectivity index (χ1n) is 9.50. The zero-order valence-corrected chi connectivity index (χ0v) is 16.0. The summed E-state index contributed by atoms with van der Waals surface area (Å²) in [7, 11) is 0. The third kappa shape index (κ3) is 4.02. The van der Waals surface area contributed by atoms with E-state index >= 15 is 0 Å². The number of carbonyl (C=O) groups excluding carboxylic acids is 2. The van der Waals surface area contributed by atoms with Crippen molar-refractivity contribution in [2.24, 2.45) is 17.1 Å². The van der Waals surface area contributed by atoms with Crippen LogP contribution in [0.2, 0.25) is 0 Å². The van der Waals surface area contributed by atoms with E-state index < -0.39 is 5.41 Å². The van der Waals surface area contributed by atoms with E-state index in [1.807, 2.05) is 43.0 Å². The lowest BCUT2D eigenvalue weighted by Gasteiger charge is -2.40. The number of carbonyl (C=O) groups is 2. The van der Waals surface area contributed by atoms with E-state index in [0.29, 0.717) is 32.4 Å². The molecule has 2 N–H and O–H groups in total. The number of amides is 2. The first-order valence-corrected chi connectivity index (χ1v) is 9.50. The van der Waals surface area contributed by atoms with Gasteiger partial charge in [0.15, 0.2) is 0 Å². The van der Waals surface area contributed by atoms with Gasteiger partial charge in [0.25, 0.3) is 0 Å². The van der Waals surface area contributed by atoms with Gasteiger partial charge in [-0.25, -0.2) is 0 Å². The summed E-state index contributed by atoms with van der Waals surface area (Å²) in [6.45, 7) is 4.97. The Morgan fingerprint density at radius 3 is 2.33 bits per heavy atom. The Labute approximate surface area is 160 Å². The van der Waals surface area contributed by atoms with Gasteiger partial charge in [0, 0.05) is 31.4 Å². The maximum atomic E-state index is 12.4. The summed E-state index contributed by atoms with van der Waals surface area (Å²) in [5, 5.41) is 0. The SMILES string of the molecule is CC(C)C(=O)N1CCC(Cc2ccccc2-c2ccncc2)(C(N)=O)CC1. The van der Waals surface area contributed by atoms with E-state index in [-0.39, 0.29) is 17.7 Å². The predicted octanol–water partition coefficient (Wildman–Crippen LogP) is 3.04. The van der Waals surface area contributed by atoms with E-state index in [9.17, 15) is 9.59 Å². The van der Waals surface area contributed by atoms with Gasteiger partial charge in [-0.2, -0.15) is 0 Å². The predicted molar refractivity (Wildman–Crippen MR) is 106 cm³/mol. The van der Waals surface area contributed by atoms with Gasteiger partial charge in [0.2, 0.25) is 11.8 Å². The zero-order valence-electron chi connectivity index (χ0n) is 16.0. The molecule has 5 nitrogen and oxygen atoms in total. The molecular weight excluding hydrogens is 338 g/mol. The van der Waals surface area contributed by atoms with Gasteiger partial charge in [-0.15, -0.1) is 0 Å². The Morgan fingerprint density at radius 1 is 1.11 bits per heavy atom. The highest BCUT2D eigenvalue weighted by molar-refractivity contribution is 5.83. The molecule has 2 aromatic rings. The second-order valence-electron chi connectivity index (χ2n) is 7.69. The first kappa shape index (κ1) is 19.1. The van der Waals surface area contributed by atoms with Crippen molar-refractivity contribution >= 4 is 11.8 Å². The van der Waals surface area contributed by atoms with Gasteiger partial charge < -0.3 is 10.6 Å². The van der Waals surface area contributed by atoms with Crippen LogP contribution >= 0.6 is 0 Å². The molecule has 2 amide bonds. The number of pyridine rings is 1. The van der Waals surface area contributed by atoms with Gasteiger partial charge >= 0.3 is 0 Å². The van der Waals surface area contributed by atoms with Crippen LogP contribution in [0.1, 0.15) is 32.3 Å². The lowest BCUT2D eigenvalue weighted by molar-refractivity contribution is -0.141. The highest BCUT2D eigenvalue weighted by Crippen LogP contribution is 2.38. The van der Waals surface area contributed by atoms with Gasteiger partial charge in [0.1, 0.15) is 0 Å². The summed E-state index contributed by atoms with van der Waals surface area (Å²) in [5.41, 5.74) is 8.53. The number of aromatic nitrogens is 1. The number of benzene rings is 1. The Balaban J connectivity index is 1.85. The molecule has 0 aliphatic carbocycles. The monoisotopic (exact) mass is 365 g/mol. The smallest absolute Gasteiger partial charge is 0.225 e. The lowest BCUT2D eigenvalue weighted by atomic mass is 9.72. The molecule has 0 saturated carbocycles. The lowest BCUT2D eigenvalue weighted by Crippen LogP contribution is -2.50. The van der Waals surface area contributed by atoms with Gasteiger partial charge in [-0.3, -0.25) is 14.6 Å². The minimum Gasteiger partial charge on any atom is -0.369 e. The van der Waals surface area contributed by atoms with Crippen molar-refractivity contribution in [2.45, 2.75) is 33.1 Å². The average Bonchev–Trinajstić information content (AvgIpc) is 2.69. The van der Waals surface area contributed by atoms with E-state index in [1.54, 1.807) is 12.4 Å². The Hall–Kier alpha value is -2.69. The molecule has 0 atom stereocenters. The van der Waals surface area contributed by atoms with Crippen molar-refractivity contribution in [1.82, 2.24) is 9.88 Å². The van der Waals surface area contributed by atoms with Crippen LogP contribution in [0.4, 0.5) is 0 Å². The van der Waals surface area contributed by atoms with Crippen LogP contribution in [-0.2, 0) is 16.0 Å². The molecule has 0 radical (unpaired) electrons. The van der Waals surface area contributed by atoms with Gasteiger partial charge in [-0.1, -0.05) is 38.1 Å². The number of piperidine rings is 1.